The molecule has 1 heterocycles. The van der Waals surface area contributed by atoms with E-state index in [1.54, 1.807) is 6.07 Å². The summed E-state index contributed by atoms with van der Waals surface area (Å²) in [7, 11) is -4.15. The topological polar surface area (TPSA) is 118 Å². The first-order valence-electron chi connectivity index (χ1n) is 8.09. The second-order valence-electron chi connectivity index (χ2n) is 6.98. The SMILES string of the molecule is Cc1ccc(C)c(S(=O)(=O)N2C[C@@H]3CCC[C@@]3(C(=O)O)C2)c1[N+](=O)[O-]. The lowest BCUT2D eigenvalue weighted by Gasteiger charge is -2.23. The molecule has 1 saturated carbocycles. The van der Waals surface area contributed by atoms with Crippen LogP contribution in [0.15, 0.2) is 17.0 Å². The Bertz CT molecular complexity index is 866. The Morgan fingerprint density at radius 1 is 1.36 bits per heavy atom. The van der Waals surface area contributed by atoms with E-state index in [-0.39, 0.29) is 29.5 Å². The fourth-order valence-corrected chi connectivity index (χ4v) is 6.22. The van der Waals surface area contributed by atoms with Gasteiger partial charge in [-0.3, -0.25) is 14.9 Å². The van der Waals surface area contributed by atoms with Crippen LogP contribution in [-0.2, 0) is 14.8 Å². The van der Waals surface area contributed by atoms with Crippen LogP contribution in [0.3, 0.4) is 0 Å². The summed E-state index contributed by atoms with van der Waals surface area (Å²) < 4.78 is 27.4. The summed E-state index contributed by atoms with van der Waals surface area (Å²) in [4.78, 5) is 22.2. The molecule has 3 rings (SSSR count). The molecular formula is C16H20N2O6S. The standard InChI is InChI=1S/C16H20N2O6S/c1-10-5-6-11(2)14(13(10)18(21)22)25(23,24)17-8-12-4-3-7-16(12,9-17)15(19)20/h5-6,12H,3-4,7-9H2,1-2H3,(H,19,20)/t12-,16+/m0/s1. The number of aliphatic carboxylic acids is 1. The molecule has 0 radical (unpaired) electrons. The Morgan fingerprint density at radius 3 is 2.56 bits per heavy atom. The van der Waals surface area contributed by atoms with Crippen molar-refractivity contribution in [1.82, 2.24) is 4.31 Å². The summed E-state index contributed by atoms with van der Waals surface area (Å²) in [6, 6.07) is 3.06. The molecule has 0 spiro atoms. The number of nitro benzene ring substituents is 1. The van der Waals surface area contributed by atoms with E-state index in [0.717, 1.165) is 10.7 Å². The lowest BCUT2D eigenvalue weighted by Crippen LogP contribution is -2.37. The number of fused-ring (bicyclic) bond motifs is 1. The second kappa shape index (κ2) is 5.77. The molecule has 1 aromatic carbocycles. The van der Waals surface area contributed by atoms with Gasteiger partial charge in [0, 0.05) is 18.7 Å². The number of nitrogens with zero attached hydrogens (tertiary/aromatic N) is 2. The summed E-state index contributed by atoms with van der Waals surface area (Å²) in [5.41, 5.74) is -0.943. The highest BCUT2D eigenvalue weighted by molar-refractivity contribution is 7.89. The van der Waals surface area contributed by atoms with Gasteiger partial charge in [0.1, 0.15) is 0 Å². The summed E-state index contributed by atoms with van der Waals surface area (Å²) >= 11 is 0. The van der Waals surface area contributed by atoms with Crippen molar-refractivity contribution in [3.8, 4) is 0 Å². The number of carboxylic acid groups (broad SMARTS) is 1. The molecule has 2 atom stereocenters. The normalized spacial score (nSPS) is 26.6. The molecule has 0 unspecified atom stereocenters. The molecule has 1 aliphatic carbocycles. The van der Waals surface area contributed by atoms with Crippen molar-refractivity contribution in [2.24, 2.45) is 11.3 Å². The zero-order valence-corrected chi connectivity index (χ0v) is 14.9. The predicted molar refractivity (Wildman–Crippen MR) is 88.7 cm³/mol. The molecule has 25 heavy (non-hydrogen) atoms. The van der Waals surface area contributed by atoms with Crippen LogP contribution in [-0.4, -0.2) is 41.8 Å². The maximum Gasteiger partial charge on any atom is 0.311 e. The van der Waals surface area contributed by atoms with Gasteiger partial charge in [-0.05, 0) is 38.2 Å². The van der Waals surface area contributed by atoms with Gasteiger partial charge in [0.15, 0.2) is 4.90 Å². The van der Waals surface area contributed by atoms with E-state index in [9.17, 15) is 28.4 Å². The molecule has 9 heteroatoms. The van der Waals surface area contributed by atoms with Crippen LogP contribution in [0, 0.1) is 35.3 Å². The lowest BCUT2D eigenvalue weighted by atomic mass is 9.81. The smallest absolute Gasteiger partial charge is 0.311 e. The third kappa shape index (κ3) is 2.53. The minimum atomic E-state index is -4.15. The summed E-state index contributed by atoms with van der Waals surface area (Å²) in [6.45, 7) is 2.98. The van der Waals surface area contributed by atoms with E-state index in [2.05, 4.69) is 0 Å². The molecule has 2 aliphatic rings. The fourth-order valence-electron chi connectivity index (χ4n) is 4.23. The van der Waals surface area contributed by atoms with Crippen LogP contribution in [0.5, 0.6) is 0 Å². The Balaban J connectivity index is 2.10. The number of benzene rings is 1. The van der Waals surface area contributed by atoms with Gasteiger partial charge < -0.3 is 5.11 Å². The molecule has 0 aromatic heterocycles. The van der Waals surface area contributed by atoms with E-state index in [1.165, 1.54) is 19.9 Å². The van der Waals surface area contributed by atoms with Crippen molar-refractivity contribution in [1.29, 1.82) is 0 Å². The molecule has 1 N–H and O–H groups in total. The second-order valence-corrected chi connectivity index (χ2v) is 8.86. The van der Waals surface area contributed by atoms with Crippen LogP contribution < -0.4 is 0 Å². The van der Waals surface area contributed by atoms with E-state index in [4.69, 9.17) is 0 Å². The lowest BCUT2D eigenvalue weighted by molar-refractivity contribution is -0.388. The van der Waals surface area contributed by atoms with E-state index < -0.39 is 32.0 Å². The quantitative estimate of drug-likeness (QED) is 0.642. The highest BCUT2D eigenvalue weighted by Crippen LogP contribution is 2.50. The first-order valence-corrected chi connectivity index (χ1v) is 9.53. The van der Waals surface area contributed by atoms with E-state index >= 15 is 0 Å². The number of sulfonamides is 1. The summed E-state index contributed by atoms with van der Waals surface area (Å²) in [5, 5.41) is 21.1. The Hall–Kier alpha value is -2.00. The maximum atomic E-state index is 13.2. The predicted octanol–water partition coefficient (Wildman–Crippen LogP) is 2.09. The minimum Gasteiger partial charge on any atom is -0.481 e. The van der Waals surface area contributed by atoms with Gasteiger partial charge >= 0.3 is 5.97 Å². The number of nitro groups is 1. The molecule has 1 saturated heterocycles. The average molecular weight is 368 g/mol. The zero-order valence-electron chi connectivity index (χ0n) is 14.1. The van der Waals surface area contributed by atoms with Crippen molar-refractivity contribution in [2.75, 3.05) is 13.1 Å². The first kappa shape index (κ1) is 17.8. The van der Waals surface area contributed by atoms with Gasteiger partial charge in [-0.15, -0.1) is 0 Å². The molecule has 0 bridgehead atoms. The highest BCUT2D eigenvalue weighted by atomic mass is 32.2. The number of carbonyl (C=O) groups is 1. The van der Waals surface area contributed by atoms with Crippen molar-refractivity contribution in [2.45, 2.75) is 38.0 Å². The zero-order chi connectivity index (χ0) is 18.6. The van der Waals surface area contributed by atoms with Gasteiger partial charge in [-0.2, -0.15) is 4.31 Å². The highest BCUT2D eigenvalue weighted by Gasteiger charge is 2.57. The summed E-state index contributed by atoms with van der Waals surface area (Å²) in [6.07, 6.45) is 1.86. The Labute approximate surface area is 145 Å². The molecule has 136 valence electrons. The first-order chi connectivity index (χ1) is 11.6. The van der Waals surface area contributed by atoms with Crippen molar-refractivity contribution in [3.63, 3.8) is 0 Å². The molecular weight excluding hydrogens is 348 g/mol. The van der Waals surface area contributed by atoms with Crippen LogP contribution in [0.2, 0.25) is 0 Å². The fraction of sp³-hybridized carbons (Fsp3) is 0.562. The van der Waals surface area contributed by atoms with Gasteiger partial charge in [0.25, 0.3) is 5.69 Å². The van der Waals surface area contributed by atoms with Crippen LogP contribution in [0.1, 0.15) is 30.4 Å². The largest absolute Gasteiger partial charge is 0.481 e. The third-order valence-corrected chi connectivity index (χ3v) is 7.57. The average Bonchev–Trinajstić information content (AvgIpc) is 3.07. The molecule has 8 nitrogen and oxygen atoms in total. The van der Waals surface area contributed by atoms with Crippen molar-refractivity contribution in [3.05, 3.63) is 33.4 Å². The molecule has 1 aliphatic heterocycles. The number of hydrogen-bond donors (Lipinski definition) is 1. The Kier molecular flexibility index (Phi) is 4.11. The number of rotatable bonds is 4. The van der Waals surface area contributed by atoms with Gasteiger partial charge in [0.2, 0.25) is 10.0 Å². The molecule has 2 fully saturated rings. The van der Waals surface area contributed by atoms with E-state index in [1.807, 2.05) is 0 Å². The third-order valence-electron chi connectivity index (χ3n) is 5.58. The van der Waals surface area contributed by atoms with Crippen molar-refractivity contribution >= 4 is 21.7 Å². The van der Waals surface area contributed by atoms with Gasteiger partial charge in [0.05, 0.1) is 10.3 Å². The monoisotopic (exact) mass is 368 g/mol. The molecule has 1 aromatic rings. The summed E-state index contributed by atoms with van der Waals surface area (Å²) in [5.74, 6) is -1.23. The van der Waals surface area contributed by atoms with E-state index in [0.29, 0.717) is 18.4 Å². The number of aryl methyl sites for hydroxylation is 2. The van der Waals surface area contributed by atoms with Crippen LogP contribution >= 0.6 is 0 Å². The van der Waals surface area contributed by atoms with Gasteiger partial charge in [-0.25, -0.2) is 8.42 Å². The number of hydrogen-bond acceptors (Lipinski definition) is 5. The van der Waals surface area contributed by atoms with Crippen LogP contribution in [0.25, 0.3) is 0 Å². The van der Waals surface area contributed by atoms with Crippen molar-refractivity contribution < 1.29 is 23.2 Å². The number of carboxylic acids is 1. The minimum absolute atomic E-state index is 0.0964. The van der Waals surface area contributed by atoms with Crippen LogP contribution in [0.4, 0.5) is 5.69 Å². The van der Waals surface area contributed by atoms with Gasteiger partial charge in [-0.1, -0.05) is 18.6 Å². The Morgan fingerprint density at radius 2 is 2.00 bits per heavy atom. The maximum absolute atomic E-state index is 13.2. The molecule has 0 amide bonds.